The lowest BCUT2D eigenvalue weighted by molar-refractivity contribution is -0.122. The molecule has 2 aromatic carbocycles. The maximum Gasteiger partial charge on any atom is 0.234 e. The number of rotatable bonds is 8. The van der Waals surface area contributed by atoms with Gasteiger partial charge in [0.05, 0.1) is 17.3 Å². The van der Waals surface area contributed by atoms with Gasteiger partial charge in [-0.2, -0.15) is 11.8 Å². The van der Waals surface area contributed by atoms with Gasteiger partial charge < -0.3 is 10.2 Å². The third-order valence-corrected chi connectivity index (χ3v) is 5.96. The first-order chi connectivity index (χ1) is 13.2. The van der Waals surface area contributed by atoms with E-state index < -0.39 is 0 Å². The van der Waals surface area contributed by atoms with Gasteiger partial charge in [0.25, 0.3) is 0 Å². The van der Waals surface area contributed by atoms with Crippen molar-refractivity contribution in [2.45, 2.75) is 5.75 Å². The maximum absolute atomic E-state index is 12.2. The largest absolute Gasteiger partial charge is 0.368 e. The van der Waals surface area contributed by atoms with E-state index in [4.69, 9.17) is 11.6 Å². The first-order valence-electron chi connectivity index (χ1n) is 9.32. The lowest BCUT2D eigenvalue weighted by Gasteiger charge is -2.36. The number of hydrogen-bond acceptors (Lipinski definition) is 4. The Balaban J connectivity index is 1.30. The zero-order valence-electron chi connectivity index (χ0n) is 15.4. The van der Waals surface area contributed by atoms with Crippen molar-refractivity contribution in [2.24, 2.45) is 0 Å². The molecule has 27 heavy (non-hydrogen) atoms. The molecule has 0 bridgehead atoms. The van der Waals surface area contributed by atoms with Crippen molar-refractivity contribution in [1.29, 1.82) is 0 Å². The molecule has 1 amide bonds. The Hall–Kier alpha value is -1.69. The van der Waals surface area contributed by atoms with Crippen LogP contribution in [-0.2, 0) is 10.5 Å². The normalized spacial score (nSPS) is 14.9. The molecule has 4 nitrogen and oxygen atoms in total. The number of piperazine rings is 1. The Kier molecular flexibility index (Phi) is 7.87. The van der Waals surface area contributed by atoms with Crippen LogP contribution in [0.1, 0.15) is 5.56 Å². The lowest BCUT2D eigenvalue weighted by Crippen LogP contribution is -2.49. The van der Waals surface area contributed by atoms with Crippen molar-refractivity contribution in [2.75, 3.05) is 49.9 Å². The molecule has 0 radical (unpaired) electrons. The minimum atomic E-state index is 0.113. The van der Waals surface area contributed by atoms with Crippen LogP contribution >= 0.6 is 23.4 Å². The molecule has 1 saturated heterocycles. The van der Waals surface area contributed by atoms with E-state index in [1.54, 1.807) is 0 Å². The third kappa shape index (κ3) is 6.45. The molecule has 1 heterocycles. The monoisotopic (exact) mass is 403 g/mol. The fourth-order valence-corrected chi connectivity index (χ4v) is 4.22. The number of para-hydroxylation sites is 1. The van der Waals surface area contributed by atoms with E-state index in [2.05, 4.69) is 45.4 Å². The summed E-state index contributed by atoms with van der Waals surface area (Å²) < 4.78 is 0. The smallest absolute Gasteiger partial charge is 0.234 e. The molecule has 0 aliphatic carbocycles. The van der Waals surface area contributed by atoms with E-state index in [0.717, 1.165) is 54.9 Å². The molecule has 0 spiro atoms. The van der Waals surface area contributed by atoms with Crippen molar-refractivity contribution >= 4 is 35.0 Å². The maximum atomic E-state index is 12.2. The van der Waals surface area contributed by atoms with Gasteiger partial charge >= 0.3 is 0 Å². The van der Waals surface area contributed by atoms with Gasteiger partial charge in [-0.15, -0.1) is 0 Å². The van der Waals surface area contributed by atoms with Crippen LogP contribution in [0.15, 0.2) is 54.6 Å². The molecule has 0 atom stereocenters. The molecule has 2 aromatic rings. The van der Waals surface area contributed by atoms with Gasteiger partial charge in [-0.3, -0.25) is 9.69 Å². The summed E-state index contributed by atoms with van der Waals surface area (Å²) in [6, 6.07) is 18.3. The molecule has 1 N–H and O–H groups in total. The fraction of sp³-hybridized carbons (Fsp3) is 0.381. The highest BCUT2D eigenvalue weighted by atomic mass is 35.5. The van der Waals surface area contributed by atoms with E-state index in [-0.39, 0.29) is 5.91 Å². The summed E-state index contributed by atoms with van der Waals surface area (Å²) in [5.74, 6) is 2.03. The number of carbonyl (C=O) groups is 1. The average molecular weight is 404 g/mol. The highest BCUT2D eigenvalue weighted by molar-refractivity contribution is 7.98. The first-order valence-corrected chi connectivity index (χ1v) is 10.9. The van der Waals surface area contributed by atoms with E-state index in [9.17, 15) is 4.79 Å². The molecule has 6 heteroatoms. The number of benzene rings is 2. The molecular weight excluding hydrogens is 378 g/mol. The van der Waals surface area contributed by atoms with Crippen molar-refractivity contribution in [1.82, 2.24) is 10.2 Å². The number of nitrogens with zero attached hydrogens (tertiary/aromatic N) is 2. The van der Waals surface area contributed by atoms with E-state index >= 15 is 0 Å². The number of carbonyl (C=O) groups excluding carboxylic acids is 1. The molecular formula is C21H26ClN3OS. The lowest BCUT2D eigenvalue weighted by atomic mass is 10.2. The Morgan fingerprint density at radius 1 is 1.00 bits per heavy atom. The second-order valence-electron chi connectivity index (χ2n) is 6.60. The first kappa shape index (κ1) is 20.1. The van der Waals surface area contributed by atoms with Gasteiger partial charge in [0, 0.05) is 44.2 Å². The van der Waals surface area contributed by atoms with Crippen LogP contribution in [0.4, 0.5) is 5.69 Å². The number of amides is 1. The molecule has 1 fully saturated rings. The van der Waals surface area contributed by atoms with Crippen LogP contribution in [0.25, 0.3) is 0 Å². The second kappa shape index (κ2) is 10.6. The third-order valence-electron chi connectivity index (χ3n) is 4.61. The Morgan fingerprint density at radius 3 is 2.44 bits per heavy atom. The minimum absolute atomic E-state index is 0.113. The number of hydrogen-bond donors (Lipinski definition) is 1. The highest BCUT2D eigenvalue weighted by Gasteiger charge is 2.20. The minimum Gasteiger partial charge on any atom is -0.368 e. The Bertz CT molecular complexity index is 720. The SMILES string of the molecule is O=C(CN1CCN(c2ccccc2Cl)CC1)NCCSCc1ccccc1. The molecule has 0 unspecified atom stereocenters. The van der Waals surface area contributed by atoms with Crippen LogP contribution in [-0.4, -0.2) is 55.8 Å². The van der Waals surface area contributed by atoms with Crippen LogP contribution in [0, 0.1) is 0 Å². The Morgan fingerprint density at radius 2 is 1.70 bits per heavy atom. The van der Waals surface area contributed by atoms with E-state index in [0.29, 0.717) is 6.54 Å². The topological polar surface area (TPSA) is 35.6 Å². The van der Waals surface area contributed by atoms with Crippen LogP contribution in [0.2, 0.25) is 5.02 Å². The molecule has 0 aromatic heterocycles. The van der Waals surface area contributed by atoms with Crippen molar-refractivity contribution in [3.63, 3.8) is 0 Å². The average Bonchev–Trinajstić information content (AvgIpc) is 2.70. The Labute approximate surface area is 170 Å². The standard InChI is InChI=1S/C21H26ClN3OS/c22-19-8-4-5-9-20(19)25-13-11-24(12-14-25)16-21(26)23-10-15-27-17-18-6-2-1-3-7-18/h1-9H,10-17H2,(H,23,26). The summed E-state index contributed by atoms with van der Waals surface area (Å²) in [6.45, 7) is 4.73. The quantitative estimate of drug-likeness (QED) is 0.684. The molecule has 1 aliphatic heterocycles. The summed E-state index contributed by atoms with van der Waals surface area (Å²) in [6.07, 6.45) is 0. The molecule has 144 valence electrons. The van der Waals surface area contributed by atoms with Gasteiger partial charge in [-0.1, -0.05) is 54.1 Å². The number of anilines is 1. The van der Waals surface area contributed by atoms with Gasteiger partial charge in [-0.25, -0.2) is 0 Å². The number of halogens is 1. The van der Waals surface area contributed by atoms with E-state index in [1.807, 2.05) is 36.0 Å². The predicted octanol–water partition coefficient (Wildman–Crippen LogP) is 3.51. The zero-order chi connectivity index (χ0) is 18.9. The predicted molar refractivity (Wildman–Crippen MR) is 116 cm³/mol. The summed E-state index contributed by atoms with van der Waals surface area (Å²) in [5.41, 5.74) is 2.41. The molecule has 3 rings (SSSR count). The van der Waals surface area contributed by atoms with Gasteiger partial charge in [-0.05, 0) is 17.7 Å². The summed E-state index contributed by atoms with van der Waals surface area (Å²) in [7, 11) is 0. The van der Waals surface area contributed by atoms with Gasteiger partial charge in [0.2, 0.25) is 5.91 Å². The van der Waals surface area contributed by atoms with Gasteiger partial charge in [0.1, 0.15) is 0 Å². The van der Waals surface area contributed by atoms with Crippen molar-refractivity contribution < 1.29 is 4.79 Å². The number of thioether (sulfide) groups is 1. The summed E-state index contributed by atoms with van der Waals surface area (Å²) >= 11 is 8.13. The summed E-state index contributed by atoms with van der Waals surface area (Å²) in [5, 5.41) is 3.82. The number of nitrogens with one attached hydrogen (secondary N) is 1. The highest BCUT2D eigenvalue weighted by Crippen LogP contribution is 2.25. The van der Waals surface area contributed by atoms with Crippen LogP contribution in [0.3, 0.4) is 0 Å². The second-order valence-corrected chi connectivity index (χ2v) is 8.12. The molecule has 1 aliphatic rings. The van der Waals surface area contributed by atoms with Crippen molar-refractivity contribution in [3.05, 3.63) is 65.2 Å². The molecule has 0 saturated carbocycles. The zero-order valence-corrected chi connectivity index (χ0v) is 17.0. The van der Waals surface area contributed by atoms with Crippen molar-refractivity contribution in [3.8, 4) is 0 Å². The van der Waals surface area contributed by atoms with Crippen LogP contribution in [0.5, 0.6) is 0 Å². The van der Waals surface area contributed by atoms with Gasteiger partial charge in [0.15, 0.2) is 0 Å². The van der Waals surface area contributed by atoms with Crippen LogP contribution < -0.4 is 10.2 Å². The summed E-state index contributed by atoms with van der Waals surface area (Å²) in [4.78, 5) is 16.7. The van der Waals surface area contributed by atoms with E-state index in [1.165, 1.54) is 5.56 Å². The fourth-order valence-electron chi connectivity index (χ4n) is 3.14.